The van der Waals surface area contributed by atoms with Gasteiger partial charge in [0.25, 0.3) is 0 Å². The monoisotopic (exact) mass is 242 g/mol. The van der Waals surface area contributed by atoms with Gasteiger partial charge in [0.05, 0.1) is 18.5 Å². The van der Waals surface area contributed by atoms with E-state index in [9.17, 15) is 9.50 Å². The van der Waals surface area contributed by atoms with E-state index in [1.165, 1.54) is 11.8 Å². The van der Waals surface area contributed by atoms with Crippen molar-refractivity contribution in [2.24, 2.45) is 0 Å². The molecule has 0 spiro atoms. The zero-order valence-corrected chi connectivity index (χ0v) is 9.70. The van der Waals surface area contributed by atoms with Gasteiger partial charge in [0.1, 0.15) is 12.3 Å². The number of rotatable bonds is 4. The lowest BCUT2D eigenvalue weighted by atomic mass is 10.2. The largest absolute Gasteiger partial charge is 0.389 e. The van der Waals surface area contributed by atoms with Crippen molar-refractivity contribution in [2.75, 3.05) is 12.4 Å². The summed E-state index contributed by atoms with van der Waals surface area (Å²) in [6, 6.07) is 9.82. The van der Waals surface area contributed by atoms with E-state index in [4.69, 9.17) is 4.74 Å². The molecule has 16 heavy (non-hydrogen) atoms. The summed E-state index contributed by atoms with van der Waals surface area (Å²) in [7, 11) is 0. The van der Waals surface area contributed by atoms with Gasteiger partial charge in [-0.25, -0.2) is 4.39 Å². The van der Waals surface area contributed by atoms with Crippen LogP contribution in [0, 0.1) is 0 Å². The third kappa shape index (κ3) is 2.97. The summed E-state index contributed by atoms with van der Waals surface area (Å²) in [5.41, 5.74) is 1.09. The Kier molecular flexibility index (Phi) is 4.21. The lowest BCUT2D eigenvalue weighted by Crippen LogP contribution is -2.29. The molecule has 1 fully saturated rings. The van der Waals surface area contributed by atoms with Gasteiger partial charge in [0.2, 0.25) is 0 Å². The Hall–Kier alpha value is -0.580. The number of thioether (sulfide) groups is 1. The van der Waals surface area contributed by atoms with E-state index in [1.54, 1.807) is 0 Å². The second-order valence-corrected chi connectivity index (χ2v) is 5.15. The molecule has 0 saturated carbocycles. The lowest BCUT2D eigenvalue weighted by Gasteiger charge is -2.14. The average molecular weight is 242 g/mol. The highest BCUT2D eigenvalue weighted by atomic mass is 32.2. The molecule has 3 atom stereocenters. The third-order valence-corrected chi connectivity index (χ3v) is 3.97. The van der Waals surface area contributed by atoms with Crippen LogP contribution in [-0.4, -0.2) is 35.0 Å². The summed E-state index contributed by atoms with van der Waals surface area (Å²) in [5.74, 6) is 0.376. The number of benzene rings is 1. The van der Waals surface area contributed by atoms with Gasteiger partial charge in [0, 0.05) is 5.75 Å². The smallest absolute Gasteiger partial charge is 0.136 e. The summed E-state index contributed by atoms with van der Waals surface area (Å²) >= 11 is 1.44. The molecule has 0 radical (unpaired) electrons. The van der Waals surface area contributed by atoms with Crippen LogP contribution in [-0.2, 0) is 11.3 Å². The molecule has 1 aromatic carbocycles. The molecule has 0 bridgehead atoms. The Labute approximate surface area is 98.8 Å². The Morgan fingerprint density at radius 2 is 2.12 bits per heavy atom. The van der Waals surface area contributed by atoms with Gasteiger partial charge >= 0.3 is 0 Å². The molecular weight excluding hydrogens is 227 g/mol. The van der Waals surface area contributed by atoms with Crippen LogP contribution in [0.15, 0.2) is 30.3 Å². The van der Waals surface area contributed by atoms with Crippen molar-refractivity contribution >= 4 is 11.8 Å². The van der Waals surface area contributed by atoms with E-state index in [0.29, 0.717) is 19.0 Å². The average Bonchev–Trinajstić information content (AvgIpc) is 2.62. The molecule has 0 amide bonds. The van der Waals surface area contributed by atoms with Gasteiger partial charge in [-0.1, -0.05) is 30.3 Å². The van der Waals surface area contributed by atoms with E-state index in [2.05, 4.69) is 0 Å². The molecule has 4 heteroatoms. The van der Waals surface area contributed by atoms with Gasteiger partial charge in [0.15, 0.2) is 0 Å². The maximum Gasteiger partial charge on any atom is 0.136 e. The Balaban J connectivity index is 1.73. The van der Waals surface area contributed by atoms with Crippen LogP contribution in [0.3, 0.4) is 0 Å². The predicted octanol–water partition coefficient (Wildman–Crippen LogP) is 2.02. The topological polar surface area (TPSA) is 29.5 Å². The minimum atomic E-state index is -1.10. The number of hydrogen-bond donors (Lipinski definition) is 1. The number of hydrogen-bond acceptors (Lipinski definition) is 3. The molecular formula is C12H15FO2S. The second-order valence-electron chi connectivity index (χ2n) is 3.88. The minimum Gasteiger partial charge on any atom is -0.389 e. The fourth-order valence-electron chi connectivity index (χ4n) is 1.66. The molecule has 0 unspecified atom stereocenters. The molecule has 1 aromatic rings. The quantitative estimate of drug-likeness (QED) is 0.876. The highest BCUT2D eigenvalue weighted by Gasteiger charge is 2.35. The highest BCUT2D eigenvalue weighted by Crippen LogP contribution is 2.29. The molecule has 88 valence electrons. The summed E-state index contributed by atoms with van der Waals surface area (Å²) in [6.45, 7) is 0.919. The molecule has 1 heterocycles. The molecule has 2 nitrogen and oxygen atoms in total. The molecule has 0 aliphatic carbocycles. The Bertz CT molecular complexity index is 320. The summed E-state index contributed by atoms with van der Waals surface area (Å²) < 4.78 is 18.5. The van der Waals surface area contributed by atoms with Gasteiger partial charge < -0.3 is 9.84 Å². The fraction of sp³-hybridized carbons (Fsp3) is 0.500. The third-order valence-electron chi connectivity index (χ3n) is 2.61. The Morgan fingerprint density at radius 3 is 2.75 bits per heavy atom. The molecule has 1 aliphatic heterocycles. The van der Waals surface area contributed by atoms with Crippen molar-refractivity contribution in [3.05, 3.63) is 35.9 Å². The summed E-state index contributed by atoms with van der Waals surface area (Å²) in [6.07, 6.45) is -1.98. The molecule has 2 rings (SSSR count). The van der Waals surface area contributed by atoms with Gasteiger partial charge in [-0.2, -0.15) is 11.8 Å². The van der Waals surface area contributed by atoms with Crippen LogP contribution >= 0.6 is 11.8 Å². The first-order valence-corrected chi connectivity index (χ1v) is 6.37. The summed E-state index contributed by atoms with van der Waals surface area (Å²) in [4.78, 5) is 0. The highest BCUT2D eigenvalue weighted by molar-refractivity contribution is 8.00. The molecule has 0 aromatic heterocycles. The number of alkyl halides is 1. The zero-order chi connectivity index (χ0) is 11.4. The van der Waals surface area contributed by atoms with E-state index >= 15 is 0 Å². The summed E-state index contributed by atoms with van der Waals surface area (Å²) in [5, 5.41) is 9.35. The van der Waals surface area contributed by atoms with Crippen molar-refractivity contribution < 1.29 is 14.2 Å². The first kappa shape index (κ1) is 11.9. The van der Waals surface area contributed by atoms with Crippen molar-refractivity contribution in [1.82, 2.24) is 0 Å². The van der Waals surface area contributed by atoms with Crippen LogP contribution < -0.4 is 0 Å². The number of halogens is 1. The zero-order valence-electron chi connectivity index (χ0n) is 8.88. The van der Waals surface area contributed by atoms with Crippen LogP contribution in [0.1, 0.15) is 5.56 Å². The number of aliphatic hydroxyl groups excluding tert-OH is 1. The van der Waals surface area contributed by atoms with Crippen LogP contribution in [0.5, 0.6) is 0 Å². The van der Waals surface area contributed by atoms with E-state index < -0.39 is 12.3 Å². The van der Waals surface area contributed by atoms with E-state index in [-0.39, 0.29) is 5.25 Å². The van der Waals surface area contributed by atoms with E-state index in [0.717, 1.165) is 5.56 Å². The minimum absolute atomic E-state index is 0.126. The first-order chi connectivity index (χ1) is 7.77. The van der Waals surface area contributed by atoms with Crippen molar-refractivity contribution in [3.63, 3.8) is 0 Å². The fourth-order valence-corrected chi connectivity index (χ4v) is 2.85. The van der Waals surface area contributed by atoms with Crippen LogP contribution in [0.25, 0.3) is 0 Å². The van der Waals surface area contributed by atoms with Crippen LogP contribution in [0.2, 0.25) is 0 Å². The van der Waals surface area contributed by atoms with Gasteiger partial charge in [-0.05, 0) is 5.56 Å². The normalized spacial score (nSPS) is 29.5. The predicted molar refractivity (Wildman–Crippen MR) is 63.2 cm³/mol. The maximum atomic E-state index is 13.0. The first-order valence-electron chi connectivity index (χ1n) is 5.33. The van der Waals surface area contributed by atoms with Crippen molar-refractivity contribution in [1.29, 1.82) is 0 Å². The number of aliphatic hydroxyl groups is 1. The lowest BCUT2D eigenvalue weighted by molar-refractivity contribution is 0.0521. The SMILES string of the molecule is O[C@H]1[C@H](F)CS[C@@H]1COCc1ccccc1. The number of ether oxygens (including phenoxy) is 1. The maximum absolute atomic E-state index is 13.0. The second kappa shape index (κ2) is 5.66. The van der Waals surface area contributed by atoms with E-state index in [1.807, 2.05) is 30.3 Å². The van der Waals surface area contributed by atoms with Gasteiger partial charge in [-0.3, -0.25) is 0 Å². The standard InChI is InChI=1S/C12H15FO2S/c13-10-8-16-11(12(10)14)7-15-6-9-4-2-1-3-5-9/h1-5,10-12,14H,6-8H2/t10-,11-,12+/m1/s1. The molecule has 1 N–H and O–H groups in total. The van der Waals surface area contributed by atoms with Gasteiger partial charge in [-0.15, -0.1) is 0 Å². The molecule has 1 aliphatic rings. The van der Waals surface area contributed by atoms with Crippen molar-refractivity contribution in [3.8, 4) is 0 Å². The Morgan fingerprint density at radius 1 is 1.38 bits per heavy atom. The van der Waals surface area contributed by atoms with Crippen molar-refractivity contribution in [2.45, 2.75) is 24.1 Å². The molecule has 1 saturated heterocycles. The van der Waals surface area contributed by atoms with Crippen LogP contribution in [0.4, 0.5) is 4.39 Å².